The lowest BCUT2D eigenvalue weighted by atomic mass is 10.2. The molecule has 8 nitrogen and oxygen atoms in total. The maximum Gasteiger partial charge on any atom is 0.338 e. The predicted octanol–water partition coefficient (Wildman–Crippen LogP) is 2.73. The van der Waals surface area contributed by atoms with Crippen molar-refractivity contribution >= 4 is 16.9 Å². The van der Waals surface area contributed by atoms with Gasteiger partial charge < -0.3 is 19.2 Å². The van der Waals surface area contributed by atoms with Crippen molar-refractivity contribution in [3.63, 3.8) is 0 Å². The number of hydrogen-bond acceptors (Lipinski definition) is 6. The van der Waals surface area contributed by atoms with Gasteiger partial charge >= 0.3 is 11.7 Å². The zero-order valence-electron chi connectivity index (χ0n) is 17.0. The Bertz CT molecular complexity index is 1150. The number of esters is 1. The fourth-order valence-electron chi connectivity index (χ4n) is 3.05. The Labute approximate surface area is 173 Å². The molecule has 0 aliphatic heterocycles. The highest BCUT2D eigenvalue weighted by atomic mass is 16.5. The molecule has 0 radical (unpaired) electrons. The number of para-hydroxylation sites is 1. The molecule has 0 saturated carbocycles. The fourth-order valence-corrected chi connectivity index (χ4v) is 3.05. The molecule has 2 aromatic carbocycles. The standard InChI is InChI=1S/C22H24N2O6/c1-3-28-18-11-10-15(14-19(18)29-4-2)21(26)30-13-7-12-24-20(25)16-8-5-6-9-17(16)23-22(24)27/h5-6,8-11,14H,3-4,7,12-13H2,1-2H3,(H,23,27). The molecule has 1 N–H and O–H groups in total. The first-order valence-corrected chi connectivity index (χ1v) is 9.83. The van der Waals surface area contributed by atoms with E-state index in [1.165, 1.54) is 0 Å². The molecule has 0 bridgehead atoms. The van der Waals surface area contributed by atoms with E-state index >= 15 is 0 Å². The lowest BCUT2D eigenvalue weighted by Crippen LogP contribution is -2.35. The van der Waals surface area contributed by atoms with Gasteiger partial charge in [-0.2, -0.15) is 0 Å². The van der Waals surface area contributed by atoms with E-state index in [2.05, 4.69) is 4.98 Å². The van der Waals surface area contributed by atoms with Gasteiger partial charge in [0.15, 0.2) is 11.5 Å². The van der Waals surface area contributed by atoms with Crippen LogP contribution in [0.5, 0.6) is 11.5 Å². The van der Waals surface area contributed by atoms with E-state index in [-0.39, 0.29) is 18.7 Å². The number of rotatable bonds is 9. The van der Waals surface area contributed by atoms with Crippen LogP contribution in [0.3, 0.4) is 0 Å². The summed E-state index contributed by atoms with van der Waals surface area (Å²) in [6.07, 6.45) is 0.322. The first-order chi connectivity index (χ1) is 14.5. The third-order valence-electron chi connectivity index (χ3n) is 4.43. The molecule has 0 aliphatic carbocycles. The molecule has 0 aliphatic rings. The Kier molecular flexibility index (Phi) is 6.90. The van der Waals surface area contributed by atoms with Crippen molar-refractivity contribution in [2.24, 2.45) is 0 Å². The van der Waals surface area contributed by atoms with Gasteiger partial charge in [-0.3, -0.25) is 9.36 Å². The Morgan fingerprint density at radius 3 is 2.50 bits per heavy atom. The smallest absolute Gasteiger partial charge is 0.338 e. The van der Waals surface area contributed by atoms with E-state index in [1.807, 2.05) is 13.8 Å². The van der Waals surface area contributed by atoms with Crippen LogP contribution in [0.2, 0.25) is 0 Å². The van der Waals surface area contributed by atoms with Gasteiger partial charge in [0.2, 0.25) is 0 Å². The summed E-state index contributed by atoms with van der Waals surface area (Å²) >= 11 is 0. The normalized spacial score (nSPS) is 10.7. The summed E-state index contributed by atoms with van der Waals surface area (Å²) in [6, 6.07) is 11.7. The minimum absolute atomic E-state index is 0.0642. The second-order valence-corrected chi connectivity index (χ2v) is 6.45. The van der Waals surface area contributed by atoms with E-state index in [0.717, 1.165) is 4.57 Å². The summed E-state index contributed by atoms with van der Waals surface area (Å²) in [5, 5.41) is 0.437. The van der Waals surface area contributed by atoms with Crippen molar-refractivity contribution in [2.75, 3.05) is 19.8 Å². The number of benzene rings is 2. The molecule has 0 atom stereocenters. The molecule has 0 unspecified atom stereocenters. The Morgan fingerprint density at radius 1 is 1.00 bits per heavy atom. The lowest BCUT2D eigenvalue weighted by molar-refractivity contribution is 0.0495. The molecule has 1 heterocycles. The molecule has 0 amide bonds. The van der Waals surface area contributed by atoms with Gasteiger partial charge in [0, 0.05) is 6.54 Å². The quantitative estimate of drug-likeness (QED) is 0.429. The maximum absolute atomic E-state index is 12.5. The second kappa shape index (κ2) is 9.78. The van der Waals surface area contributed by atoms with Gasteiger partial charge in [-0.15, -0.1) is 0 Å². The second-order valence-electron chi connectivity index (χ2n) is 6.45. The zero-order chi connectivity index (χ0) is 21.5. The number of nitrogens with zero attached hydrogens (tertiary/aromatic N) is 1. The van der Waals surface area contributed by atoms with Crippen molar-refractivity contribution in [1.29, 1.82) is 0 Å². The molecule has 3 aromatic rings. The molecule has 1 aromatic heterocycles. The van der Waals surface area contributed by atoms with Gasteiger partial charge in [-0.05, 0) is 50.6 Å². The number of nitrogens with one attached hydrogen (secondary N) is 1. The maximum atomic E-state index is 12.5. The number of aromatic nitrogens is 2. The molecule has 158 valence electrons. The van der Waals surface area contributed by atoms with Crippen LogP contribution in [0.4, 0.5) is 0 Å². The van der Waals surface area contributed by atoms with Crippen molar-refractivity contribution in [2.45, 2.75) is 26.8 Å². The summed E-state index contributed by atoms with van der Waals surface area (Å²) in [4.78, 5) is 39.7. The van der Waals surface area contributed by atoms with Crippen LogP contribution in [-0.4, -0.2) is 35.3 Å². The molecule has 0 saturated heterocycles. The number of fused-ring (bicyclic) bond motifs is 1. The minimum Gasteiger partial charge on any atom is -0.490 e. The summed E-state index contributed by atoms with van der Waals surface area (Å²) in [6.45, 7) is 4.83. The summed E-state index contributed by atoms with van der Waals surface area (Å²) in [5.41, 5.74) is -0.0233. The number of hydrogen-bond donors (Lipinski definition) is 1. The van der Waals surface area contributed by atoms with Crippen molar-refractivity contribution in [3.8, 4) is 11.5 Å². The van der Waals surface area contributed by atoms with E-state index in [1.54, 1.807) is 42.5 Å². The van der Waals surface area contributed by atoms with Crippen LogP contribution < -0.4 is 20.7 Å². The third-order valence-corrected chi connectivity index (χ3v) is 4.43. The molecule has 0 spiro atoms. The molecule has 3 rings (SSSR count). The summed E-state index contributed by atoms with van der Waals surface area (Å²) in [7, 11) is 0. The van der Waals surface area contributed by atoms with Crippen LogP contribution in [0.1, 0.15) is 30.6 Å². The highest BCUT2D eigenvalue weighted by molar-refractivity contribution is 5.90. The zero-order valence-corrected chi connectivity index (χ0v) is 17.0. The molecule has 8 heteroatoms. The van der Waals surface area contributed by atoms with E-state index in [9.17, 15) is 14.4 Å². The summed E-state index contributed by atoms with van der Waals surface area (Å²) < 4.78 is 17.4. The van der Waals surface area contributed by atoms with Gasteiger partial charge in [0.25, 0.3) is 5.56 Å². The number of H-pyrrole nitrogens is 1. The number of ether oxygens (including phenoxy) is 3. The minimum atomic E-state index is -0.515. The Morgan fingerprint density at radius 2 is 1.73 bits per heavy atom. The topological polar surface area (TPSA) is 99.6 Å². The largest absolute Gasteiger partial charge is 0.490 e. The van der Waals surface area contributed by atoms with Gasteiger partial charge in [-0.1, -0.05) is 12.1 Å². The van der Waals surface area contributed by atoms with E-state index in [0.29, 0.717) is 47.6 Å². The van der Waals surface area contributed by atoms with Crippen LogP contribution in [0.25, 0.3) is 10.9 Å². The van der Waals surface area contributed by atoms with E-state index < -0.39 is 11.7 Å². The number of carbonyl (C=O) groups is 1. The highest BCUT2D eigenvalue weighted by Crippen LogP contribution is 2.28. The monoisotopic (exact) mass is 412 g/mol. The molecular formula is C22H24N2O6. The van der Waals surface area contributed by atoms with E-state index in [4.69, 9.17) is 14.2 Å². The number of carbonyl (C=O) groups excluding carboxylic acids is 1. The van der Waals surface area contributed by atoms with Gasteiger partial charge in [0.05, 0.1) is 36.3 Å². The van der Waals surface area contributed by atoms with Crippen LogP contribution in [0.15, 0.2) is 52.1 Å². The Hall–Kier alpha value is -3.55. The van der Waals surface area contributed by atoms with Gasteiger partial charge in [-0.25, -0.2) is 9.59 Å². The van der Waals surface area contributed by atoms with Crippen molar-refractivity contribution in [3.05, 3.63) is 68.9 Å². The third kappa shape index (κ3) is 4.71. The fraction of sp³-hybridized carbons (Fsp3) is 0.318. The average Bonchev–Trinajstić information content (AvgIpc) is 2.74. The first kappa shape index (κ1) is 21.2. The highest BCUT2D eigenvalue weighted by Gasteiger charge is 2.13. The predicted molar refractivity (Wildman–Crippen MR) is 113 cm³/mol. The van der Waals surface area contributed by atoms with Crippen molar-refractivity contribution in [1.82, 2.24) is 9.55 Å². The van der Waals surface area contributed by atoms with Crippen molar-refractivity contribution < 1.29 is 19.0 Å². The van der Waals surface area contributed by atoms with Crippen LogP contribution in [0, 0.1) is 0 Å². The molecule has 0 fully saturated rings. The average molecular weight is 412 g/mol. The Balaban J connectivity index is 1.63. The molecular weight excluding hydrogens is 388 g/mol. The van der Waals surface area contributed by atoms with Crippen LogP contribution >= 0.6 is 0 Å². The SMILES string of the molecule is CCOc1ccc(C(=O)OCCCn2c(=O)[nH]c3ccccc3c2=O)cc1OCC. The molecule has 30 heavy (non-hydrogen) atoms. The number of aromatic amines is 1. The summed E-state index contributed by atoms with van der Waals surface area (Å²) in [5.74, 6) is 0.521. The lowest BCUT2D eigenvalue weighted by Gasteiger charge is -2.12. The van der Waals surface area contributed by atoms with Crippen LogP contribution in [-0.2, 0) is 11.3 Å². The van der Waals surface area contributed by atoms with Gasteiger partial charge in [0.1, 0.15) is 0 Å². The first-order valence-electron chi connectivity index (χ1n) is 9.83.